The standard InChI is InChI=1S/C25H32N4O.C22H25FN4O/c1-4-19-11-13-20(14-12-19)25(30)28(16-18(2)3)17-23-27-22-10-7-15-26-24(22)29(23)21-8-5-6-9-21;1-3-11-26(22(28)17-9-6-15(2)18(23)12-17)14-20-25-19-5-4-10-24-21(19)27(20)13-16-7-8-16/h7,10-15,18,21H,4-6,8-9,16-17H2,1-3H3;4-6,9-10,12,16H,3,7-8,11,13-14H2,1-2H3. The number of benzene rings is 2. The number of nitrogens with zero attached hydrogens (tertiary/aromatic N) is 8. The first-order valence-electron chi connectivity index (χ1n) is 21.2. The van der Waals surface area contributed by atoms with Gasteiger partial charge in [0.2, 0.25) is 0 Å². The predicted molar refractivity (Wildman–Crippen MR) is 227 cm³/mol. The molecule has 4 heterocycles. The zero-order valence-electron chi connectivity index (χ0n) is 34.7. The summed E-state index contributed by atoms with van der Waals surface area (Å²) in [7, 11) is 0. The summed E-state index contributed by atoms with van der Waals surface area (Å²) in [5.41, 5.74) is 6.49. The molecule has 0 atom stereocenters. The first-order chi connectivity index (χ1) is 28.1. The van der Waals surface area contributed by atoms with Crippen LogP contribution in [0.2, 0.25) is 0 Å². The molecule has 2 aliphatic carbocycles. The molecular formula is C47H57FN8O2. The fraction of sp³-hybridized carbons (Fsp3) is 0.447. The van der Waals surface area contributed by atoms with Crippen molar-refractivity contribution in [3.8, 4) is 0 Å². The maximum Gasteiger partial charge on any atom is 0.254 e. The molecule has 0 saturated heterocycles. The number of imidazole rings is 2. The Morgan fingerprint density at radius 1 is 0.793 bits per heavy atom. The summed E-state index contributed by atoms with van der Waals surface area (Å²) in [6.07, 6.45) is 12.7. The molecule has 0 unspecified atom stereocenters. The summed E-state index contributed by atoms with van der Waals surface area (Å²) in [6, 6.07) is 20.9. The summed E-state index contributed by atoms with van der Waals surface area (Å²) < 4.78 is 18.4. The van der Waals surface area contributed by atoms with Crippen LogP contribution in [-0.4, -0.2) is 63.8 Å². The molecule has 2 fully saturated rings. The minimum Gasteiger partial charge on any atom is -0.331 e. The fourth-order valence-corrected chi connectivity index (χ4v) is 8.01. The van der Waals surface area contributed by atoms with Crippen molar-refractivity contribution in [1.82, 2.24) is 38.9 Å². The van der Waals surface area contributed by atoms with Crippen LogP contribution in [0.15, 0.2) is 79.1 Å². The van der Waals surface area contributed by atoms with Gasteiger partial charge >= 0.3 is 0 Å². The normalized spacial score (nSPS) is 14.3. The molecule has 0 spiro atoms. The smallest absolute Gasteiger partial charge is 0.254 e. The highest BCUT2D eigenvalue weighted by Crippen LogP contribution is 2.34. The third kappa shape index (κ3) is 9.46. The number of rotatable bonds is 14. The number of halogens is 1. The van der Waals surface area contributed by atoms with E-state index in [1.165, 1.54) is 37.3 Å². The Balaban J connectivity index is 0.000000177. The maximum absolute atomic E-state index is 14.0. The van der Waals surface area contributed by atoms with Crippen molar-refractivity contribution in [2.24, 2.45) is 11.8 Å². The van der Waals surface area contributed by atoms with Gasteiger partial charge in [-0.1, -0.05) is 58.7 Å². The number of carbonyl (C=O) groups is 2. The van der Waals surface area contributed by atoms with Crippen LogP contribution in [0, 0.1) is 24.6 Å². The lowest BCUT2D eigenvalue weighted by atomic mass is 10.1. The summed E-state index contributed by atoms with van der Waals surface area (Å²) >= 11 is 0. The Morgan fingerprint density at radius 3 is 2.05 bits per heavy atom. The molecule has 10 nitrogen and oxygen atoms in total. The first-order valence-corrected chi connectivity index (χ1v) is 21.2. The third-order valence-electron chi connectivity index (χ3n) is 11.3. The van der Waals surface area contributed by atoms with Gasteiger partial charge in [0.1, 0.15) is 28.5 Å². The largest absolute Gasteiger partial charge is 0.331 e. The van der Waals surface area contributed by atoms with Gasteiger partial charge in [0.15, 0.2) is 11.3 Å². The zero-order valence-corrected chi connectivity index (χ0v) is 34.7. The summed E-state index contributed by atoms with van der Waals surface area (Å²) in [5, 5.41) is 0. The molecule has 2 saturated carbocycles. The highest BCUT2D eigenvalue weighted by atomic mass is 19.1. The van der Waals surface area contributed by atoms with Crippen molar-refractivity contribution >= 4 is 34.1 Å². The van der Waals surface area contributed by atoms with Crippen molar-refractivity contribution in [3.63, 3.8) is 0 Å². The highest BCUT2D eigenvalue weighted by molar-refractivity contribution is 5.95. The van der Waals surface area contributed by atoms with Gasteiger partial charge in [0, 0.05) is 49.2 Å². The van der Waals surface area contributed by atoms with Crippen molar-refractivity contribution in [2.45, 2.75) is 112 Å². The number of carbonyl (C=O) groups excluding carboxylic acids is 2. The van der Waals surface area contributed by atoms with Gasteiger partial charge in [0.05, 0.1) is 13.1 Å². The number of hydrogen-bond acceptors (Lipinski definition) is 6. The zero-order chi connectivity index (χ0) is 40.8. The fourth-order valence-electron chi connectivity index (χ4n) is 8.01. The second-order valence-electron chi connectivity index (χ2n) is 16.4. The van der Waals surface area contributed by atoms with Crippen LogP contribution in [0.5, 0.6) is 0 Å². The molecule has 304 valence electrons. The van der Waals surface area contributed by atoms with Gasteiger partial charge in [-0.15, -0.1) is 0 Å². The van der Waals surface area contributed by atoms with Gasteiger partial charge in [-0.3, -0.25) is 9.59 Å². The lowest BCUT2D eigenvalue weighted by molar-refractivity contribution is 0.0713. The molecule has 58 heavy (non-hydrogen) atoms. The van der Waals surface area contributed by atoms with E-state index < -0.39 is 0 Å². The molecule has 11 heteroatoms. The number of aromatic nitrogens is 6. The lowest BCUT2D eigenvalue weighted by Gasteiger charge is -2.26. The molecule has 0 radical (unpaired) electrons. The van der Waals surface area contributed by atoms with Crippen molar-refractivity contribution in [1.29, 1.82) is 0 Å². The molecule has 6 aromatic rings. The van der Waals surface area contributed by atoms with E-state index in [0.717, 1.165) is 71.8 Å². The summed E-state index contributed by atoms with van der Waals surface area (Å²) in [4.78, 5) is 49.0. The van der Waals surface area contributed by atoms with E-state index in [4.69, 9.17) is 9.97 Å². The first kappa shape index (κ1) is 40.7. The van der Waals surface area contributed by atoms with Crippen molar-refractivity contribution < 1.29 is 14.0 Å². The quantitative estimate of drug-likeness (QED) is 0.109. The molecular weight excluding hydrogens is 728 g/mol. The minimum atomic E-state index is -0.354. The molecule has 0 bridgehead atoms. The van der Waals surface area contributed by atoms with E-state index >= 15 is 0 Å². The predicted octanol–water partition coefficient (Wildman–Crippen LogP) is 9.75. The van der Waals surface area contributed by atoms with Gasteiger partial charge in [-0.05, 0) is 117 Å². The number of pyridine rings is 2. The van der Waals surface area contributed by atoms with Crippen LogP contribution in [0.25, 0.3) is 22.3 Å². The third-order valence-corrected chi connectivity index (χ3v) is 11.3. The van der Waals surface area contributed by atoms with Crippen LogP contribution in [0.4, 0.5) is 4.39 Å². The molecule has 2 amide bonds. The van der Waals surface area contributed by atoms with Crippen molar-refractivity contribution in [2.75, 3.05) is 13.1 Å². The van der Waals surface area contributed by atoms with Gasteiger partial charge < -0.3 is 18.9 Å². The second kappa shape index (κ2) is 18.4. The Morgan fingerprint density at radius 2 is 1.41 bits per heavy atom. The average molecular weight is 785 g/mol. The molecule has 4 aromatic heterocycles. The maximum atomic E-state index is 14.0. The Kier molecular flexibility index (Phi) is 12.9. The Labute approximate surface area is 341 Å². The van der Waals surface area contributed by atoms with E-state index in [0.29, 0.717) is 55.2 Å². The number of amides is 2. The lowest BCUT2D eigenvalue weighted by Crippen LogP contribution is -2.35. The van der Waals surface area contributed by atoms with Gasteiger partial charge in [-0.2, -0.15) is 0 Å². The molecule has 0 aliphatic heterocycles. The highest BCUT2D eigenvalue weighted by Gasteiger charge is 2.28. The van der Waals surface area contributed by atoms with Crippen LogP contribution in [0.1, 0.15) is 122 Å². The molecule has 2 aromatic carbocycles. The molecule has 2 aliphatic rings. The topological polar surface area (TPSA) is 102 Å². The van der Waals surface area contributed by atoms with E-state index in [2.05, 4.69) is 52.0 Å². The van der Waals surface area contributed by atoms with E-state index in [1.807, 2.05) is 54.4 Å². The monoisotopic (exact) mass is 784 g/mol. The van der Waals surface area contributed by atoms with Crippen molar-refractivity contribution in [3.05, 3.63) is 119 Å². The van der Waals surface area contributed by atoms with Crippen LogP contribution >= 0.6 is 0 Å². The summed E-state index contributed by atoms with van der Waals surface area (Å²) in [6.45, 7) is 13.3. The molecule has 0 N–H and O–H groups in total. The van der Waals surface area contributed by atoms with Crippen LogP contribution in [0.3, 0.4) is 0 Å². The summed E-state index contributed by atoms with van der Waals surface area (Å²) in [5.74, 6) is 2.39. The average Bonchev–Trinajstić information content (AvgIpc) is 3.57. The Bertz CT molecular complexity index is 2340. The van der Waals surface area contributed by atoms with Gasteiger partial charge in [0.25, 0.3) is 11.8 Å². The molecule has 8 rings (SSSR count). The van der Waals surface area contributed by atoms with Crippen LogP contribution < -0.4 is 0 Å². The van der Waals surface area contributed by atoms with E-state index in [1.54, 1.807) is 30.2 Å². The second-order valence-corrected chi connectivity index (χ2v) is 16.4. The number of fused-ring (bicyclic) bond motifs is 2. The Hall–Kier alpha value is -5.45. The van der Waals surface area contributed by atoms with Crippen LogP contribution in [-0.2, 0) is 26.1 Å². The number of aryl methyl sites for hydroxylation is 2. The van der Waals surface area contributed by atoms with Gasteiger partial charge in [-0.25, -0.2) is 24.3 Å². The van der Waals surface area contributed by atoms with E-state index in [9.17, 15) is 14.0 Å². The van der Waals surface area contributed by atoms with E-state index in [-0.39, 0.29) is 17.6 Å². The number of hydrogen-bond donors (Lipinski definition) is 0. The minimum absolute atomic E-state index is 0.0735. The SMILES string of the molecule is CCCN(Cc1nc2cccnc2n1CC1CC1)C(=O)c1ccc(C)c(F)c1.CCc1ccc(C(=O)N(Cc2nc3cccnc3n2C2CCCC2)CC(C)C)cc1.